The van der Waals surface area contributed by atoms with Crippen LogP contribution in [0.15, 0.2) is 6.20 Å². The molecule has 0 aliphatic heterocycles. The molecule has 2 aliphatic carbocycles. The van der Waals surface area contributed by atoms with Gasteiger partial charge in [-0.15, -0.1) is 0 Å². The second-order valence-corrected chi connectivity index (χ2v) is 6.38. The second kappa shape index (κ2) is 5.98. The van der Waals surface area contributed by atoms with E-state index in [2.05, 4.69) is 23.0 Å². The highest BCUT2D eigenvalue weighted by molar-refractivity contribution is 5.31. The van der Waals surface area contributed by atoms with Gasteiger partial charge in [0.1, 0.15) is 0 Å². The van der Waals surface area contributed by atoms with Crippen LogP contribution in [0.5, 0.6) is 0 Å². The van der Waals surface area contributed by atoms with Crippen molar-refractivity contribution in [3.8, 4) is 0 Å². The van der Waals surface area contributed by atoms with Crippen LogP contribution in [0.2, 0.25) is 0 Å². The average Bonchev–Trinajstić information content (AvgIpc) is 2.93. The molecule has 0 aromatic carbocycles. The molecule has 0 radical (unpaired) electrons. The monoisotopic (exact) mass is 261 g/mol. The van der Waals surface area contributed by atoms with Crippen molar-refractivity contribution < 1.29 is 0 Å². The fraction of sp³-hybridized carbons (Fsp3) is 0.812. The highest BCUT2D eigenvalue weighted by atomic mass is 15.2. The van der Waals surface area contributed by atoms with E-state index in [1.165, 1.54) is 64.2 Å². The van der Waals surface area contributed by atoms with Crippen LogP contribution < -0.4 is 5.32 Å². The van der Waals surface area contributed by atoms with Gasteiger partial charge in [0, 0.05) is 18.3 Å². The minimum absolute atomic E-state index is 0.659. The van der Waals surface area contributed by atoms with Gasteiger partial charge in [0.2, 0.25) is 5.95 Å². The van der Waals surface area contributed by atoms with Crippen LogP contribution in [0, 0.1) is 6.92 Å². The Morgan fingerprint density at radius 2 is 1.63 bits per heavy atom. The summed E-state index contributed by atoms with van der Waals surface area (Å²) in [5.74, 6) is 1.14. The summed E-state index contributed by atoms with van der Waals surface area (Å²) in [7, 11) is 0. The van der Waals surface area contributed by atoms with Gasteiger partial charge in [-0.2, -0.15) is 0 Å². The third-order valence-electron chi connectivity index (χ3n) is 4.76. The molecule has 0 atom stereocenters. The fourth-order valence-corrected chi connectivity index (χ4v) is 3.69. The van der Waals surface area contributed by atoms with Gasteiger partial charge in [-0.3, -0.25) is 0 Å². The zero-order chi connectivity index (χ0) is 13.1. The second-order valence-electron chi connectivity index (χ2n) is 6.38. The maximum absolute atomic E-state index is 4.73. The van der Waals surface area contributed by atoms with Gasteiger partial charge in [0.05, 0.1) is 5.69 Å². The molecule has 0 spiro atoms. The summed E-state index contributed by atoms with van der Waals surface area (Å²) < 4.78 is 2.44. The first-order valence-electron chi connectivity index (χ1n) is 8.15. The molecule has 0 unspecified atom stereocenters. The zero-order valence-electron chi connectivity index (χ0n) is 12.2. The molecule has 0 saturated heterocycles. The Hall–Kier alpha value is -0.990. The number of imidazole rings is 1. The lowest BCUT2D eigenvalue weighted by Crippen LogP contribution is -2.20. The molecule has 1 N–H and O–H groups in total. The predicted octanol–water partition coefficient (Wildman–Crippen LogP) is 4.44. The predicted molar refractivity (Wildman–Crippen MR) is 79.6 cm³/mol. The van der Waals surface area contributed by atoms with Crippen molar-refractivity contribution in [1.82, 2.24) is 9.55 Å². The maximum Gasteiger partial charge on any atom is 0.203 e. The van der Waals surface area contributed by atoms with E-state index in [1.807, 2.05) is 0 Å². The van der Waals surface area contributed by atoms with E-state index in [-0.39, 0.29) is 0 Å². The standard InChI is InChI=1S/C16H27N3/c1-13-12-19(15-10-4-2-3-5-11-15)16(17-13)18-14-8-6-7-9-14/h12,14-15H,2-11H2,1H3,(H,17,18). The summed E-state index contributed by atoms with van der Waals surface area (Å²) in [6, 6.07) is 1.33. The van der Waals surface area contributed by atoms with E-state index in [9.17, 15) is 0 Å². The fourth-order valence-electron chi connectivity index (χ4n) is 3.69. The summed E-state index contributed by atoms with van der Waals surface area (Å²) in [6.45, 7) is 2.12. The van der Waals surface area contributed by atoms with Gasteiger partial charge >= 0.3 is 0 Å². The topological polar surface area (TPSA) is 29.9 Å². The summed E-state index contributed by atoms with van der Waals surface area (Å²) in [4.78, 5) is 4.73. The lowest BCUT2D eigenvalue weighted by atomic mass is 10.1. The lowest BCUT2D eigenvalue weighted by molar-refractivity contribution is 0.445. The first-order chi connectivity index (χ1) is 9.33. The van der Waals surface area contributed by atoms with E-state index in [0.29, 0.717) is 12.1 Å². The largest absolute Gasteiger partial charge is 0.353 e. The average molecular weight is 261 g/mol. The number of rotatable bonds is 3. The molecule has 2 saturated carbocycles. The van der Waals surface area contributed by atoms with Crippen molar-refractivity contribution in [2.45, 2.75) is 83.2 Å². The first-order valence-corrected chi connectivity index (χ1v) is 8.15. The SMILES string of the molecule is Cc1cn(C2CCCCCC2)c(NC2CCCC2)n1. The van der Waals surface area contributed by atoms with Gasteiger partial charge in [-0.1, -0.05) is 38.5 Å². The van der Waals surface area contributed by atoms with Gasteiger partial charge in [-0.05, 0) is 32.6 Å². The van der Waals surface area contributed by atoms with Crippen molar-refractivity contribution in [2.75, 3.05) is 5.32 Å². The van der Waals surface area contributed by atoms with Gasteiger partial charge in [0.25, 0.3) is 0 Å². The Morgan fingerprint density at radius 3 is 2.32 bits per heavy atom. The molecule has 106 valence electrons. The van der Waals surface area contributed by atoms with Crippen molar-refractivity contribution in [2.24, 2.45) is 0 Å². The number of nitrogens with zero attached hydrogens (tertiary/aromatic N) is 2. The molecule has 2 fully saturated rings. The van der Waals surface area contributed by atoms with Crippen LogP contribution in [-0.4, -0.2) is 15.6 Å². The van der Waals surface area contributed by atoms with Gasteiger partial charge < -0.3 is 9.88 Å². The van der Waals surface area contributed by atoms with E-state index < -0.39 is 0 Å². The molecule has 0 amide bonds. The third kappa shape index (κ3) is 3.13. The van der Waals surface area contributed by atoms with Crippen molar-refractivity contribution >= 4 is 5.95 Å². The molecule has 1 aromatic heterocycles. The maximum atomic E-state index is 4.73. The Balaban J connectivity index is 1.75. The van der Waals surface area contributed by atoms with Crippen LogP contribution in [0.25, 0.3) is 0 Å². The molecule has 3 rings (SSSR count). The Morgan fingerprint density at radius 1 is 1.00 bits per heavy atom. The molecule has 3 nitrogen and oxygen atoms in total. The quantitative estimate of drug-likeness (QED) is 0.815. The molecule has 0 bridgehead atoms. The van der Waals surface area contributed by atoms with Gasteiger partial charge in [-0.25, -0.2) is 4.98 Å². The van der Waals surface area contributed by atoms with E-state index in [1.54, 1.807) is 0 Å². The van der Waals surface area contributed by atoms with Crippen LogP contribution in [0.1, 0.15) is 75.9 Å². The van der Waals surface area contributed by atoms with Crippen molar-refractivity contribution in [3.63, 3.8) is 0 Å². The minimum atomic E-state index is 0.659. The third-order valence-corrected chi connectivity index (χ3v) is 4.76. The van der Waals surface area contributed by atoms with Gasteiger partial charge in [0.15, 0.2) is 0 Å². The van der Waals surface area contributed by atoms with Crippen molar-refractivity contribution in [3.05, 3.63) is 11.9 Å². The molecule has 3 heteroatoms. The summed E-state index contributed by atoms with van der Waals surface area (Å²) in [5, 5.41) is 3.70. The number of aryl methyl sites for hydroxylation is 1. The molecule has 1 aromatic rings. The Bertz CT molecular complexity index is 396. The molecule has 19 heavy (non-hydrogen) atoms. The van der Waals surface area contributed by atoms with Crippen LogP contribution >= 0.6 is 0 Å². The lowest BCUT2D eigenvalue weighted by Gasteiger charge is -2.21. The Kier molecular flexibility index (Phi) is 4.09. The minimum Gasteiger partial charge on any atom is -0.353 e. The molecular weight excluding hydrogens is 234 g/mol. The van der Waals surface area contributed by atoms with Crippen molar-refractivity contribution in [1.29, 1.82) is 0 Å². The van der Waals surface area contributed by atoms with Crippen LogP contribution in [0.3, 0.4) is 0 Å². The molecular formula is C16H27N3. The normalized spacial score (nSPS) is 22.6. The van der Waals surface area contributed by atoms with E-state index in [0.717, 1.165) is 11.6 Å². The van der Waals surface area contributed by atoms with Crippen LogP contribution in [0.4, 0.5) is 5.95 Å². The smallest absolute Gasteiger partial charge is 0.203 e. The molecule has 2 aliphatic rings. The van der Waals surface area contributed by atoms with Crippen LogP contribution in [-0.2, 0) is 0 Å². The van der Waals surface area contributed by atoms with E-state index in [4.69, 9.17) is 4.98 Å². The highest BCUT2D eigenvalue weighted by Gasteiger charge is 2.21. The zero-order valence-corrected chi connectivity index (χ0v) is 12.2. The Labute approximate surface area is 116 Å². The number of hydrogen-bond donors (Lipinski definition) is 1. The number of aromatic nitrogens is 2. The summed E-state index contributed by atoms with van der Waals surface area (Å²) >= 11 is 0. The number of nitrogens with one attached hydrogen (secondary N) is 1. The summed E-state index contributed by atoms with van der Waals surface area (Å²) in [6.07, 6.45) is 15.9. The first kappa shape index (κ1) is 13.0. The van der Waals surface area contributed by atoms with E-state index >= 15 is 0 Å². The molecule has 1 heterocycles. The highest BCUT2D eigenvalue weighted by Crippen LogP contribution is 2.31. The number of anilines is 1. The summed E-state index contributed by atoms with van der Waals surface area (Å²) in [5.41, 5.74) is 1.16. The number of hydrogen-bond acceptors (Lipinski definition) is 2.